The van der Waals surface area contributed by atoms with Crippen LogP contribution >= 0.6 is 24.0 Å². The summed E-state index contributed by atoms with van der Waals surface area (Å²) in [5.74, 6) is 2.17. The van der Waals surface area contributed by atoms with E-state index in [0.717, 1.165) is 44.4 Å². The minimum absolute atomic E-state index is 0. The van der Waals surface area contributed by atoms with Crippen LogP contribution in [0.3, 0.4) is 0 Å². The Balaban J connectivity index is 0.00000676. The fraction of sp³-hybridized carbons (Fsp3) is 0.947. The molecule has 1 aliphatic heterocycles. The lowest BCUT2D eigenvalue weighted by atomic mass is 9.98. The maximum Gasteiger partial charge on any atom is 0.211 e. The number of piperidine rings is 1. The number of nitrogens with zero attached hydrogens (tertiary/aromatic N) is 2. The number of sulfonamides is 1. The molecule has 1 heterocycles. The van der Waals surface area contributed by atoms with Crippen LogP contribution < -0.4 is 10.6 Å². The molecular formula is C19H41IN4O2S. The van der Waals surface area contributed by atoms with Crippen molar-refractivity contribution in [1.29, 1.82) is 0 Å². The van der Waals surface area contributed by atoms with Crippen LogP contribution in [-0.2, 0) is 10.0 Å². The van der Waals surface area contributed by atoms with Crippen LogP contribution in [0.5, 0.6) is 0 Å². The van der Waals surface area contributed by atoms with Gasteiger partial charge in [-0.05, 0) is 38.0 Å². The van der Waals surface area contributed by atoms with E-state index in [4.69, 9.17) is 4.99 Å². The van der Waals surface area contributed by atoms with E-state index in [-0.39, 0.29) is 24.0 Å². The molecule has 0 saturated carbocycles. The van der Waals surface area contributed by atoms with Gasteiger partial charge in [0, 0.05) is 32.7 Å². The van der Waals surface area contributed by atoms with Gasteiger partial charge in [0.15, 0.2) is 5.96 Å². The Morgan fingerprint density at radius 2 is 1.74 bits per heavy atom. The molecule has 0 aromatic heterocycles. The summed E-state index contributed by atoms with van der Waals surface area (Å²) < 4.78 is 24.7. The molecule has 0 amide bonds. The first kappa shape index (κ1) is 26.9. The summed E-state index contributed by atoms with van der Waals surface area (Å²) in [6.45, 7) is 10.5. The predicted octanol–water partition coefficient (Wildman–Crippen LogP) is 3.44. The van der Waals surface area contributed by atoms with Gasteiger partial charge in [-0.1, -0.05) is 39.5 Å². The number of unbranched alkanes of at least 4 members (excludes halogenated alkanes) is 3. The van der Waals surface area contributed by atoms with Crippen molar-refractivity contribution in [3.8, 4) is 0 Å². The van der Waals surface area contributed by atoms with E-state index in [0.29, 0.717) is 19.0 Å². The fourth-order valence-electron chi connectivity index (χ4n) is 3.22. The number of hydrogen-bond donors (Lipinski definition) is 2. The van der Waals surface area contributed by atoms with Crippen molar-refractivity contribution in [1.82, 2.24) is 14.9 Å². The van der Waals surface area contributed by atoms with Gasteiger partial charge in [-0.15, -0.1) is 24.0 Å². The first-order chi connectivity index (χ1) is 12.3. The Morgan fingerprint density at radius 3 is 2.30 bits per heavy atom. The summed E-state index contributed by atoms with van der Waals surface area (Å²) in [6.07, 6.45) is 9.50. The summed E-state index contributed by atoms with van der Waals surface area (Å²) in [5.41, 5.74) is 0. The monoisotopic (exact) mass is 516 g/mol. The Bertz CT molecular complexity index is 504. The van der Waals surface area contributed by atoms with Crippen molar-refractivity contribution < 1.29 is 8.42 Å². The van der Waals surface area contributed by atoms with Gasteiger partial charge in [-0.25, -0.2) is 12.7 Å². The van der Waals surface area contributed by atoms with Crippen molar-refractivity contribution >= 4 is 40.0 Å². The molecule has 1 fully saturated rings. The molecule has 2 N–H and O–H groups in total. The van der Waals surface area contributed by atoms with Gasteiger partial charge in [-0.2, -0.15) is 0 Å². The highest BCUT2D eigenvalue weighted by atomic mass is 127. The summed E-state index contributed by atoms with van der Waals surface area (Å²) in [7, 11) is -3.04. The molecule has 6 nitrogen and oxygen atoms in total. The van der Waals surface area contributed by atoms with Gasteiger partial charge >= 0.3 is 0 Å². The summed E-state index contributed by atoms with van der Waals surface area (Å²) in [4.78, 5) is 4.71. The van der Waals surface area contributed by atoms with E-state index in [9.17, 15) is 8.42 Å². The summed E-state index contributed by atoms with van der Waals surface area (Å²) in [6, 6.07) is 0. The quantitative estimate of drug-likeness (QED) is 0.191. The van der Waals surface area contributed by atoms with Crippen LogP contribution in [0.1, 0.15) is 65.7 Å². The molecule has 1 saturated heterocycles. The summed E-state index contributed by atoms with van der Waals surface area (Å²) in [5, 5.41) is 6.73. The van der Waals surface area contributed by atoms with Crippen molar-refractivity contribution in [3.63, 3.8) is 0 Å². The Labute approximate surface area is 184 Å². The zero-order chi connectivity index (χ0) is 19.4. The van der Waals surface area contributed by atoms with Crippen LogP contribution in [0.25, 0.3) is 0 Å². The van der Waals surface area contributed by atoms with E-state index < -0.39 is 10.0 Å². The highest BCUT2D eigenvalue weighted by Crippen LogP contribution is 2.19. The lowest BCUT2D eigenvalue weighted by Crippen LogP contribution is -2.40. The average molecular weight is 517 g/mol. The normalized spacial score (nSPS) is 17.0. The maximum absolute atomic E-state index is 11.6. The first-order valence-corrected chi connectivity index (χ1v) is 12.1. The van der Waals surface area contributed by atoms with Crippen LogP contribution in [0.15, 0.2) is 4.99 Å². The van der Waals surface area contributed by atoms with E-state index >= 15 is 0 Å². The molecule has 0 radical (unpaired) electrons. The van der Waals surface area contributed by atoms with Gasteiger partial charge in [0.1, 0.15) is 0 Å². The fourth-order valence-corrected chi connectivity index (χ4v) is 4.10. The maximum atomic E-state index is 11.6. The molecule has 8 heteroatoms. The molecule has 1 aliphatic rings. The third-order valence-electron chi connectivity index (χ3n) is 4.90. The van der Waals surface area contributed by atoms with E-state index in [1.807, 2.05) is 0 Å². The lowest BCUT2D eigenvalue weighted by Gasteiger charge is -2.29. The molecule has 0 unspecified atom stereocenters. The highest BCUT2D eigenvalue weighted by molar-refractivity contribution is 14.0. The molecular weight excluding hydrogens is 475 g/mol. The SMILES string of the molecule is CCNC(=NCC1CCN(S(C)(=O)=O)CC1)NCCCCCCC(C)C.I. The van der Waals surface area contributed by atoms with E-state index in [1.165, 1.54) is 38.4 Å². The van der Waals surface area contributed by atoms with Crippen LogP contribution in [-0.4, -0.2) is 57.7 Å². The van der Waals surface area contributed by atoms with Gasteiger partial charge in [0.2, 0.25) is 10.0 Å². The number of halogens is 1. The van der Waals surface area contributed by atoms with Crippen LogP contribution in [0, 0.1) is 11.8 Å². The van der Waals surface area contributed by atoms with Gasteiger partial charge < -0.3 is 10.6 Å². The number of aliphatic imine (C=N–C) groups is 1. The zero-order valence-corrected chi connectivity index (χ0v) is 20.8. The second-order valence-electron chi connectivity index (χ2n) is 7.85. The number of hydrogen-bond acceptors (Lipinski definition) is 3. The standard InChI is InChI=1S/C19H40N4O2S.HI/c1-5-20-19(21-13-9-7-6-8-10-17(2)3)22-16-18-11-14-23(15-12-18)26(4,24)25;/h17-18H,5-16H2,1-4H3,(H2,20,21,22);1H. The van der Waals surface area contributed by atoms with E-state index in [2.05, 4.69) is 31.4 Å². The van der Waals surface area contributed by atoms with Crippen molar-refractivity contribution in [2.45, 2.75) is 65.7 Å². The van der Waals surface area contributed by atoms with Crippen molar-refractivity contribution in [2.75, 3.05) is 39.0 Å². The molecule has 162 valence electrons. The largest absolute Gasteiger partial charge is 0.357 e. The minimum Gasteiger partial charge on any atom is -0.357 e. The molecule has 0 atom stereocenters. The molecule has 1 rings (SSSR count). The van der Waals surface area contributed by atoms with Crippen LogP contribution in [0.2, 0.25) is 0 Å². The summed E-state index contributed by atoms with van der Waals surface area (Å²) >= 11 is 0. The topological polar surface area (TPSA) is 73.8 Å². The second-order valence-corrected chi connectivity index (χ2v) is 9.83. The highest BCUT2D eigenvalue weighted by Gasteiger charge is 2.24. The molecule has 0 aromatic carbocycles. The Hall–Kier alpha value is -0.0900. The lowest BCUT2D eigenvalue weighted by molar-refractivity contribution is 0.280. The molecule has 0 spiro atoms. The third kappa shape index (κ3) is 12.9. The van der Waals surface area contributed by atoms with Gasteiger partial charge in [-0.3, -0.25) is 4.99 Å². The van der Waals surface area contributed by atoms with Gasteiger partial charge in [0.25, 0.3) is 0 Å². The van der Waals surface area contributed by atoms with E-state index in [1.54, 1.807) is 4.31 Å². The minimum atomic E-state index is -3.04. The predicted molar refractivity (Wildman–Crippen MR) is 126 cm³/mol. The van der Waals surface area contributed by atoms with Crippen LogP contribution in [0.4, 0.5) is 0 Å². The molecule has 0 bridgehead atoms. The van der Waals surface area contributed by atoms with Crippen molar-refractivity contribution in [3.05, 3.63) is 0 Å². The number of rotatable bonds is 11. The van der Waals surface area contributed by atoms with Gasteiger partial charge in [0.05, 0.1) is 6.26 Å². The number of guanidine groups is 1. The Kier molecular flexibility index (Phi) is 14.8. The van der Waals surface area contributed by atoms with Crippen molar-refractivity contribution in [2.24, 2.45) is 16.8 Å². The average Bonchev–Trinajstić information content (AvgIpc) is 2.58. The molecule has 0 aromatic rings. The second kappa shape index (κ2) is 14.8. The zero-order valence-electron chi connectivity index (χ0n) is 17.7. The third-order valence-corrected chi connectivity index (χ3v) is 6.20. The smallest absolute Gasteiger partial charge is 0.211 e. The number of nitrogens with one attached hydrogen (secondary N) is 2. The first-order valence-electron chi connectivity index (χ1n) is 10.3. The molecule has 0 aliphatic carbocycles. The molecule has 27 heavy (non-hydrogen) atoms. The Morgan fingerprint density at radius 1 is 1.11 bits per heavy atom.